The lowest BCUT2D eigenvalue weighted by Gasteiger charge is -2.18. The first-order valence-electron chi connectivity index (χ1n) is 4.10. The van der Waals surface area contributed by atoms with Gasteiger partial charge in [-0.3, -0.25) is 0 Å². The number of likely N-dealkylation sites (N-methyl/N-ethyl adjacent to an activating group) is 1. The Labute approximate surface area is 74.8 Å². The van der Waals surface area contributed by atoms with Crippen LogP contribution >= 0.6 is 0 Å². The average Bonchev–Trinajstić information content (AvgIpc) is 2.50. The molecule has 5 heteroatoms. The van der Waals surface area contributed by atoms with Gasteiger partial charge in [0.05, 0.1) is 19.1 Å². The Morgan fingerprint density at radius 1 is 1.62 bits per heavy atom. The standard InChI is InChI=1S/C8H12F3NO/c1-12-6(5-8(9,10)11)7-3-2-4-13-7/h3,6,12H,2,4-5H2,1H3. The maximum absolute atomic E-state index is 12.0. The molecule has 0 spiro atoms. The molecule has 0 aromatic carbocycles. The molecule has 1 heterocycles. The van der Waals surface area contributed by atoms with E-state index in [1.54, 1.807) is 6.08 Å². The fraction of sp³-hybridized carbons (Fsp3) is 0.750. The molecule has 0 aromatic rings. The van der Waals surface area contributed by atoms with Crippen LogP contribution in [0.15, 0.2) is 11.8 Å². The largest absolute Gasteiger partial charge is 0.496 e. The predicted molar refractivity (Wildman–Crippen MR) is 42.2 cm³/mol. The lowest BCUT2D eigenvalue weighted by molar-refractivity contribution is -0.139. The molecule has 0 saturated carbocycles. The maximum atomic E-state index is 12.0. The van der Waals surface area contributed by atoms with Crippen molar-refractivity contribution in [2.24, 2.45) is 0 Å². The van der Waals surface area contributed by atoms with E-state index in [0.717, 1.165) is 0 Å². The Morgan fingerprint density at radius 2 is 2.31 bits per heavy atom. The number of hydrogen-bond acceptors (Lipinski definition) is 2. The second-order valence-corrected chi connectivity index (χ2v) is 2.90. The van der Waals surface area contributed by atoms with E-state index >= 15 is 0 Å². The maximum Gasteiger partial charge on any atom is 0.391 e. The van der Waals surface area contributed by atoms with Gasteiger partial charge in [0.2, 0.25) is 0 Å². The number of halogens is 3. The van der Waals surface area contributed by atoms with Crippen molar-refractivity contribution < 1.29 is 17.9 Å². The minimum Gasteiger partial charge on any atom is -0.496 e. The van der Waals surface area contributed by atoms with Crippen LogP contribution in [-0.2, 0) is 4.74 Å². The van der Waals surface area contributed by atoms with Crippen LogP contribution in [0.3, 0.4) is 0 Å². The summed E-state index contributed by atoms with van der Waals surface area (Å²) in [4.78, 5) is 0. The monoisotopic (exact) mass is 195 g/mol. The van der Waals surface area contributed by atoms with Crippen LogP contribution < -0.4 is 5.32 Å². The zero-order chi connectivity index (χ0) is 9.90. The molecule has 0 fully saturated rings. The molecule has 1 aliphatic rings. The normalized spacial score (nSPS) is 19.5. The van der Waals surface area contributed by atoms with Gasteiger partial charge in [-0.2, -0.15) is 13.2 Å². The molecular weight excluding hydrogens is 183 g/mol. The number of alkyl halides is 3. The fourth-order valence-electron chi connectivity index (χ4n) is 1.26. The van der Waals surface area contributed by atoms with Gasteiger partial charge in [0.15, 0.2) is 0 Å². The number of hydrogen-bond donors (Lipinski definition) is 1. The first kappa shape index (κ1) is 10.4. The predicted octanol–water partition coefficient (Wildman–Crippen LogP) is 1.83. The number of nitrogens with one attached hydrogen (secondary N) is 1. The minimum atomic E-state index is -4.15. The summed E-state index contributed by atoms with van der Waals surface area (Å²) in [6, 6.07) is -0.734. The third kappa shape index (κ3) is 3.26. The zero-order valence-corrected chi connectivity index (χ0v) is 7.32. The van der Waals surface area contributed by atoms with Crippen molar-refractivity contribution in [3.63, 3.8) is 0 Å². The molecule has 0 aliphatic carbocycles. The van der Waals surface area contributed by atoms with E-state index in [1.807, 2.05) is 0 Å². The van der Waals surface area contributed by atoms with Crippen molar-refractivity contribution in [3.8, 4) is 0 Å². The molecule has 76 valence electrons. The highest BCUT2D eigenvalue weighted by atomic mass is 19.4. The third-order valence-electron chi connectivity index (χ3n) is 1.86. The molecule has 13 heavy (non-hydrogen) atoms. The summed E-state index contributed by atoms with van der Waals surface area (Å²) in [5, 5.41) is 2.59. The summed E-state index contributed by atoms with van der Waals surface area (Å²) in [5.74, 6) is 0.417. The van der Waals surface area contributed by atoms with Crippen molar-refractivity contribution >= 4 is 0 Å². The van der Waals surface area contributed by atoms with E-state index in [4.69, 9.17) is 4.74 Å². The van der Waals surface area contributed by atoms with Crippen LogP contribution in [0.25, 0.3) is 0 Å². The van der Waals surface area contributed by atoms with Gasteiger partial charge in [0.1, 0.15) is 5.76 Å². The van der Waals surface area contributed by atoms with Gasteiger partial charge in [-0.1, -0.05) is 0 Å². The topological polar surface area (TPSA) is 21.3 Å². The Balaban J connectivity index is 2.52. The van der Waals surface area contributed by atoms with Gasteiger partial charge >= 0.3 is 6.18 Å². The van der Waals surface area contributed by atoms with Crippen molar-refractivity contribution in [1.82, 2.24) is 5.32 Å². The third-order valence-corrected chi connectivity index (χ3v) is 1.86. The molecule has 2 nitrogen and oxygen atoms in total. The summed E-state index contributed by atoms with van der Waals surface area (Å²) in [5.41, 5.74) is 0. The highest BCUT2D eigenvalue weighted by molar-refractivity contribution is 5.07. The van der Waals surface area contributed by atoms with Crippen molar-refractivity contribution in [1.29, 1.82) is 0 Å². The molecule has 0 radical (unpaired) electrons. The number of ether oxygens (including phenoxy) is 1. The molecule has 1 rings (SSSR count). The second kappa shape index (κ2) is 4.00. The van der Waals surface area contributed by atoms with E-state index in [-0.39, 0.29) is 0 Å². The Morgan fingerprint density at radius 3 is 2.69 bits per heavy atom. The lowest BCUT2D eigenvalue weighted by Crippen LogP contribution is -2.33. The van der Waals surface area contributed by atoms with Crippen LogP contribution in [0.1, 0.15) is 12.8 Å². The summed E-state index contributed by atoms with van der Waals surface area (Å²) in [7, 11) is 1.50. The van der Waals surface area contributed by atoms with Crippen LogP contribution in [0, 0.1) is 0 Å². The molecule has 0 amide bonds. The Hall–Kier alpha value is -0.710. The molecule has 1 N–H and O–H groups in total. The van der Waals surface area contributed by atoms with Gasteiger partial charge < -0.3 is 10.1 Å². The van der Waals surface area contributed by atoms with Crippen LogP contribution in [0.4, 0.5) is 13.2 Å². The van der Waals surface area contributed by atoms with E-state index in [1.165, 1.54) is 7.05 Å². The summed E-state index contributed by atoms with van der Waals surface area (Å²) in [6.45, 7) is 0.491. The quantitative estimate of drug-likeness (QED) is 0.741. The highest BCUT2D eigenvalue weighted by Gasteiger charge is 2.34. The molecule has 0 aromatic heterocycles. The lowest BCUT2D eigenvalue weighted by atomic mass is 10.1. The van der Waals surface area contributed by atoms with Gasteiger partial charge in [-0.15, -0.1) is 0 Å². The molecule has 1 aliphatic heterocycles. The van der Waals surface area contributed by atoms with Gasteiger partial charge in [-0.05, 0) is 13.1 Å². The van der Waals surface area contributed by atoms with Gasteiger partial charge in [0, 0.05) is 6.42 Å². The van der Waals surface area contributed by atoms with E-state index in [0.29, 0.717) is 18.8 Å². The highest BCUT2D eigenvalue weighted by Crippen LogP contribution is 2.26. The van der Waals surface area contributed by atoms with Crippen molar-refractivity contribution in [2.45, 2.75) is 25.1 Å². The average molecular weight is 195 g/mol. The Kier molecular flexibility index (Phi) is 3.19. The van der Waals surface area contributed by atoms with Gasteiger partial charge in [-0.25, -0.2) is 0 Å². The fourth-order valence-corrected chi connectivity index (χ4v) is 1.26. The molecule has 0 saturated heterocycles. The molecular formula is C8H12F3NO. The molecule has 1 atom stereocenters. The second-order valence-electron chi connectivity index (χ2n) is 2.90. The van der Waals surface area contributed by atoms with Crippen molar-refractivity contribution in [3.05, 3.63) is 11.8 Å². The number of rotatable bonds is 3. The van der Waals surface area contributed by atoms with Crippen LogP contribution in [-0.4, -0.2) is 25.9 Å². The summed E-state index contributed by atoms with van der Waals surface area (Å²) >= 11 is 0. The molecule has 1 unspecified atom stereocenters. The first-order valence-corrected chi connectivity index (χ1v) is 4.10. The van der Waals surface area contributed by atoms with Crippen molar-refractivity contribution in [2.75, 3.05) is 13.7 Å². The SMILES string of the molecule is CNC(CC(F)(F)F)C1=CCCO1. The summed E-state index contributed by atoms with van der Waals surface area (Å²) in [6.07, 6.45) is -2.63. The smallest absolute Gasteiger partial charge is 0.391 e. The zero-order valence-electron chi connectivity index (χ0n) is 7.32. The van der Waals surface area contributed by atoms with E-state index in [9.17, 15) is 13.2 Å². The summed E-state index contributed by atoms with van der Waals surface area (Å²) < 4.78 is 41.1. The van der Waals surface area contributed by atoms with Crippen LogP contribution in [0.5, 0.6) is 0 Å². The van der Waals surface area contributed by atoms with E-state index in [2.05, 4.69) is 5.32 Å². The minimum absolute atomic E-state index is 0.417. The first-order chi connectivity index (χ1) is 6.03. The Bertz CT molecular complexity index is 200. The van der Waals surface area contributed by atoms with E-state index < -0.39 is 18.6 Å². The molecule has 0 bridgehead atoms. The van der Waals surface area contributed by atoms with Gasteiger partial charge in [0.25, 0.3) is 0 Å². The van der Waals surface area contributed by atoms with Crippen LogP contribution in [0.2, 0.25) is 0 Å².